The van der Waals surface area contributed by atoms with Gasteiger partial charge < -0.3 is 20.7 Å². The van der Waals surface area contributed by atoms with Crippen molar-refractivity contribution >= 4 is 11.8 Å². The van der Waals surface area contributed by atoms with Crippen molar-refractivity contribution in [1.82, 2.24) is 10.2 Å². The van der Waals surface area contributed by atoms with Gasteiger partial charge in [-0.3, -0.25) is 9.59 Å². The van der Waals surface area contributed by atoms with Crippen LogP contribution in [0.4, 0.5) is 0 Å². The maximum Gasteiger partial charge on any atom is 0.245 e. The standard InChI is InChI=1S/C11H21N3O3/c1-3-9(13-10(15)8(2)12)11(16)14-4-6-17-7-5-14/h8-9H,3-7,12H2,1-2H3,(H,13,15)/t8-,9?/m0/s1. The smallest absolute Gasteiger partial charge is 0.245 e. The highest BCUT2D eigenvalue weighted by Crippen LogP contribution is 2.03. The van der Waals surface area contributed by atoms with Gasteiger partial charge in [0.05, 0.1) is 19.3 Å². The van der Waals surface area contributed by atoms with Crippen LogP contribution in [0.25, 0.3) is 0 Å². The highest BCUT2D eigenvalue weighted by atomic mass is 16.5. The van der Waals surface area contributed by atoms with Crippen LogP contribution in [-0.4, -0.2) is 55.1 Å². The second-order valence-electron chi connectivity index (χ2n) is 4.20. The summed E-state index contributed by atoms with van der Waals surface area (Å²) in [4.78, 5) is 25.3. The fourth-order valence-corrected chi connectivity index (χ4v) is 1.65. The number of morpholine rings is 1. The number of rotatable bonds is 4. The second-order valence-corrected chi connectivity index (χ2v) is 4.20. The molecular weight excluding hydrogens is 222 g/mol. The van der Waals surface area contributed by atoms with Gasteiger partial charge >= 0.3 is 0 Å². The predicted octanol–water partition coefficient (Wildman–Crippen LogP) is -0.913. The lowest BCUT2D eigenvalue weighted by Gasteiger charge is -2.30. The summed E-state index contributed by atoms with van der Waals surface area (Å²) in [6.45, 7) is 5.76. The SMILES string of the molecule is CCC(NC(=O)[C@H](C)N)C(=O)N1CCOCC1. The zero-order valence-corrected chi connectivity index (χ0v) is 10.4. The minimum absolute atomic E-state index is 0.0511. The van der Waals surface area contributed by atoms with E-state index in [0.29, 0.717) is 32.7 Å². The summed E-state index contributed by atoms with van der Waals surface area (Å²) in [5.74, 6) is -0.344. The van der Waals surface area contributed by atoms with E-state index >= 15 is 0 Å². The molecule has 17 heavy (non-hydrogen) atoms. The molecule has 1 heterocycles. The molecule has 0 aromatic carbocycles. The van der Waals surface area contributed by atoms with Crippen LogP contribution in [0.15, 0.2) is 0 Å². The molecule has 1 aliphatic heterocycles. The van der Waals surface area contributed by atoms with Crippen LogP contribution in [0, 0.1) is 0 Å². The van der Waals surface area contributed by atoms with Gasteiger partial charge in [-0.2, -0.15) is 0 Å². The van der Waals surface area contributed by atoms with Crippen LogP contribution in [-0.2, 0) is 14.3 Å². The van der Waals surface area contributed by atoms with Gasteiger partial charge in [-0.15, -0.1) is 0 Å². The first-order chi connectivity index (χ1) is 8.06. The highest BCUT2D eigenvalue weighted by molar-refractivity contribution is 5.89. The molecule has 1 saturated heterocycles. The molecule has 0 aromatic heterocycles. The molecule has 0 aliphatic carbocycles. The molecule has 1 fully saturated rings. The Bertz CT molecular complexity index is 275. The lowest BCUT2D eigenvalue weighted by molar-refractivity contribution is -0.140. The van der Waals surface area contributed by atoms with Gasteiger partial charge in [-0.05, 0) is 13.3 Å². The third-order valence-electron chi connectivity index (χ3n) is 2.76. The van der Waals surface area contributed by atoms with Crippen molar-refractivity contribution in [2.24, 2.45) is 5.73 Å². The maximum absolute atomic E-state index is 12.1. The normalized spacial score (nSPS) is 19.6. The van der Waals surface area contributed by atoms with E-state index in [1.54, 1.807) is 11.8 Å². The third-order valence-corrected chi connectivity index (χ3v) is 2.76. The van der Waals surface area contributed by atoms with Gasteiger partial charge in [0.1, 0.15) is 6.04 Å². The van der Waals surface area contributed by atoms with Crippen LogP contribution in [0.2, 0.25) is 0 Å². The van der Waals surface area contributed by atoms with Crippen LogP contribution in [0.3, 0.4) is 0 Å². The number of ether oxygens (including phenoxy) is 1. The number of amides is 2. The van der Waals surface area contributed by atoms with Gasteiger partial charge in [0.2, 0.25) is 11.8 Å². The molecule has 1 unspecified atom stereocenters. The Labute approximate surface area is 101 Å². The molecule has 0 saturated carbocycles. The second kappa shape index (κ2) is 6.56. The Morgan fingerprint density at radius 1 is 1.41 bits per heavy atom. The Morgan fingerprint density at radius 2 is 2.00 bits per heavy atom. The summed E-state index contributed by atoms with van der Waals surface area (Å²) in [7, 11) is 0. The van der Waals surface area contributed by atoms with E-state index in [9.17, 15) is 9.59 Å². The number of hydrogen-bond donors (Lipinski definition) is 2. The van der Waals surface area contributed by atoms with Gasteiger partial charge in [-0.25, -0.2) is 0 Å². The average molecular weight is 243 g/mol. The minimum Gasteiger partial charge on any atom is -0.378 e. The topological polar surface area (TPSA) is 84.7 Å². The molecule has 0 spiro atoms. The molecule has 1 aliphatic rings. The van der Waals surface area contributed by atoms with Crippen molar-refractivity contribution in [3.8, 4) is 0 Å². The Balaban J connectivity index is 2.53. The molecule has 2 atom stereocenters. The Kier molecular flexibility index (Phi) is 5.37. The number of nitrogens with zero attached hydrogens (tertiary/aromatic N) is 1. The molecule has 98 valence electrons. The quantitative estimate of drug-likeness (QED) is 0.669. The van der Waals surface area contributed by atoms with Gasteiger partial charge in [0, 0.05) is 13.1 Å². The van der Waals surface area contributed by atoms with Crippen molar-refractivity contribution in [3.63, 3.8) is 0 Å². The van der Waals surface area contributed by atoms with E-state index in [1.165, 1.54) is 0 Å². The first-order valence-corrected chi connectivity index (χ1v) is 5.98. The maximum atomic E-state index is 12.1. The average Bonchev–Trinajstić information content (AvgIpc) is 2.35. The van der Waals surface area contributed by atoms with Crippen LogP contribution >= 0.6 is 0 Å². The third kappa shape index (κ3) is 3.98. The fourth-order valence-electron chi connectivity index (χ4n) is 1.65. The number of nitrogens with one attached hydrogen (secondary N) is 1. The molecule has 0 aromatic rings. The Hall–Kier alpha value is -1.14. The number of nitrogens with two attached hydrogens (primary N) is 1. The van der Waals surface area contributed by atoms with Crippen LogP contribution < -0.4 is 11.1 Å². The summed E-state index contributed by atoms with van der Waals surface area (Å²) in [6, 6.07) is -1.08. The number of carbonyl (C=O) groups excluding carboxylic acids is 2. The van der Waals surface area contributed by atoms with E-state index in [1.807, 2.05) is 6.92 Å². The molecule has 2 amide bonds. The van der Waals surface area contributed by atoms with Crippen LogP contribution in [0.1, 0.15) is 20.3 Å². The van der Waals surface area contributed by atoms with Crippen molar-refractivity contribution < 1.29 is 14.3 Å². The van der Waals surface area contributed by atoms with Gasteiger partial charge in [0.25, 0.3) is 0 Å². The van der Waals surface area contributed by atoms with Crippen LogP contribution in [0.5, 0.6) is 0 Å². The van der Waals surface area contributed by atoms with E-state index in [0.717, 1.165) is 0 Å². The fraction of sp³-hybridized carbons (Fsp3) is 0.818. The summed E-state index contributed by atoms with van der Waals surface area (Å²) in [5.41, 5.74) is 5.46. The highest BCUT2D eigenvalue weighted by Gasteiger charge is 2.26. The van der Waals surface area contributed by atoms with E-state index in [2.05, 4.69) is 5.32 Å². The summed E-state index contributed by atoms with van der Waals surface area (Å²) in [5, 5.41) is 2.67. The predicted molar refractivity (Wildman–Crippen MR) is 63.3 cm³/mol. The molecule has 0 bridgehead atoms. The van der Waals surface area contributed by atoms with Crippen molar-refractivity contribution in [2.75, 3.05) is 26.3 Å². The zero-order chi connectivity index (χ0) is 12.8. The number of carbonyl (C=O) groups is 2. The Morgan fingerprint density at radius 3 is 2.47 bits per heavy atom. The van der Waals surface area contributed by atoms with Crippen molar-refractivity contribution in [1.29, 1.82) is 0 Å². The van der Waals surface area contributed by atoms with Gasteiger partial charge in [-0.1, -0.05) is 6.92 Å². The summed E-state index contributed by atoms with van der Waals surface area (Å²) < 4.78 is 5.18. The van der Waals surface area contributed by atoms with Gasteiger partial charge in [0.15, 0.2) is 0 Å². The van der Waals surface area contributed by atoms with E-state index < -0.39 is 12.1 Å². The molecule has 3 N–H and O–H groups in total. The first-order valence-electron chi connectivity index (χ1n) is 5.98. The number of hydrogen-bond acceptors (Lipinski definition) is 4. The summed E-state index contributed by atoms with van der Waals surface area (Å²) in [6.07, 6.45) is 0.564. The molecule has 6 nitrogen and oxygen atoms in total. The monoisotopic (exact) mass is 243 g/mol. The zero-order valence-electron chi connectivity index (χ0n) is 10.4. The van der Waals surface area contributed by atoms with E-state index in [-0.39, 0.29) is 11.8 Å². The van der Waals surface area contributed by atoms with Crippen molar-refractivity contribution in [2.45, 2.75) is 32.4 Å². The largest absolute Gasteiger partial charge is 0.378 e. The lowest BCUT2D eigenvalue weighted by atomic mass is 10.1. The molecule has 1 rings (SSSR count). The molecular formula is C11H21N3O3. The molecule has 0 radical (unpaired) electrons. The van der Waals surface area contributed by atoms with Crippen molar-refractivity contribution in [3.05, 3.63) is 0 Å². The molecule has 6 heteroatoms. The van der Waals surface area contributed by atoms with E-state index in [4.69, 9.17) is 10.5 Å². The summed E-state index contributed by atoms with van der Waals surface area (Å²) >= 11 is 0. The lowest BCUT2D eigenvalue weighted by Crippen LogP contribution is -2.53. The minimum atomic E-state index is -0.596. The first kappa shape index (κ1) is 13.9.